The van der Waals surface area contributed by atoms with E-state index in [1.165, 1.54) is 34.1 Å². The van der Waals surface area contributed by atoms with Crippen molar-refractivity contribution < 1.29 is 48.1 Å². The number of ether oxygens (including phenoxy) is 1. The van der Waals surface area contributed by atoms with Crippen LogP contribution in [0.1, 0.15) is 42.6 Å². The molecule has 47 heavy (non-hydrogen) atoms. The summed E-state index contributed by atoms with van der Waals surface area (Å²) in [7, 11) is 1.73. The maximum atomic E-state index is 14.1. The molecule has 5 amide bonds. The smallest absolute Gasteiger partial charge is 0.407 e. The highest BCUT2D eigenvalue weighted by atomic mass is 19.1. The highest BCUT2D eigenvalue weighted by molar-refractivity contribution is 5.97. The molecule has 3 aliphatic rings. The predicted octanol–water partition coefficient (Wildman–Crippen LogP) is 0.397. The number of rotatable bonds is 11. The monoisotopic (exact) mass is 657 g/mol. The second-order valence-electron chi connectivity index (χ2n) is 11.7. The molecule has 1 saturated carbocycles. The molecule has 252 valence electrons. The first kappa shape index (κ1) is 33.2. The number of nitrogens with one attached hydrogen (secondary N) is 1. The van der Waals surface area contributed by atoms with E-state index < -0.39 is 60.7 Å². The zero-order valence-electron chi connectivity index (χ0n) is 25.7. The average molecular weight is 658 g/mol. The van der Waals surface area contributed by atoms with Crippen LogP contribution in [0.3, 0.4) is 0 Å². The molecule has 2 aliphatic heterocycles. The minimum Gasteiger partial charge on any atom is -0.481 e. The standard InChI is InChI=1S/C30H36FN7O9/c1-34(19-7-8-19)29(44)23-6-3-9-37(23)24(39)17-47-25-15-21(33-38(25)20-5-2-4-18(31)14-20)27(42)32-22(16-26(40)41)28(43)35-10-12-36(13-11-35)30(45)46/h2,4-5,14-15,19,22-23H,3,6-13,16-17H2,1H3,(H,32,42)(H,40,41)(H,45,46)/t22-,23-/m0/s1. The summed E-state index contributed by atoms with van der Waals surface area (Å²) >= 11 is 0. The Bertz CT molecular complexity index is 1550. The Balaban J connectivity index is 1.32. The lowest BCUT2D eigenvalue weighted by atomic mass is 10.1. The normalized spacial score (nSPS) is 18.4. The Morgan fingerprint density at radius 2 is 1.72 bits per heavy atom. The van der Waals surface area contributed by atoms with Crippen LogP contribution in [0.15, 0.2) is 30.3 Å². The maximum absolute atomic E-state index is 14.1. The third kappa shape index (κ3) is 7.78. The number of aromatic nitrogens is 2. The number of halogens is 1. The van der Waals surface area contributed by atoms with E-state index in [-0.39, 0.29) is 55.4 Å². The molecule has 3 heterocycles. The molecule has 0 bridgehead atoms. The summed E-state index contributed by atoms with van der Waals surface area (Å²) in [4.78, 5) is 81.1. The van der Waals surface area contributed by atoms with Crippen molar-refractivity contribution >= 4 is 35.7 Å². The zero-order chi connectivity index (χ0) is 33.8. The fourth-order valence-corrected chi connectivity index (χ4v) is 5.73. The van der Waals surface area contributed by atoms with Gasteiger partial charge in [0.25, 0.3) is 11.8 Å². The molecule has 16 nitrogen and oxygen atoms in total. The van der Waals surface area contributed by atoms with Crippen LogP contribution in [0, 0.1) is 5.82 Å². The van der Waals surface area contributed by atoms with Gasteiger partial charge in [0.05, 0.1) is 12.1 Å². The molecule has 17 heteroatoms. The quantitative estimate of drug-likeness (QED) is 0.304. The molecule has 2 atom stereocenters. The highest BCUT2D eigenvalue weighted by Gasteiger charge is 2.40. The lowest BCUT2D eigenvalue weighted by molar-refractivity contribution is -0.144. The number of likely N-dealkylation sites (tertiary alicyclic amines) is 1. The van der Waals surface area contributed by atoms with Crippen molar-refractivity contribution in [3.05, 3.63) is 41.8 Å². The summed E-state index contributed by atoms with van der Waals surface area (Å²) in [5.74, 6) is -4.32. The molecular formula is C30H36FN7O9. The summed E-state index contributed by atoms with van der Waals surface area (Å²) in [5.41, 5.74) is -0.155. The number of amides is 5. The predicted molar refractivity (Wildman–Crippen MR) is 159 cm³/mol. The minimum absolute atomic E-state index is 0.0116. The fourth-order valence-electron chi connectivity index (χ4n) is 5.73. The Labute approximate surface area is 268 Å². The van der Waals surface area contributed by atoms with E-state index in [9.17, 15) is 38.3 Å². The van der Waals surface area contributed by atoms with Crippen LogP contribution in [-0.4, -0.2) is 140 Å². The molecule has 2 aromatic rings. The van der Waals surface area contributed by atoms with E-state index in [0.717, 1.165) is 28.5 Å². The van der Waals surface area contributed by atoms with E-state index in [0.29, 0.717) is 19.4 Å². The van der Waals surface area contributed by atoms with Crippen molar-refractivity contribution in [3.8, 4) is 11.6 Å². The lowest BCUT2D eigenvalue weighted by Gasteiger charge is -2.35. The SMILES string of the molecule is CN(C(=O)[C@@H]1CCCN1C(=O)COc1cc(C(=O)N[C@@H](CC(=O)O)C(=O)N2CCN(C(=O)O)CC2)nn1-c1cccc(F)c1)C1CC1. The van der Waals surface area contributed by atoms with Crippen molar-refractivity contribution in [2.24, 2.45) is 0 Å². The third-order valence-electron chi connectivity index (χ3n) is 8.45. The van der Waals surface area contributed by atoms with E-state index in [1.54, 1.807) is 11.9 Å². The molecule has 0 spiro atoms. The Hall–Kier alpha value is -5.22. The molecule has 1 aromatic heterocycles. The zero-order valence-corrected chi connectivity index (χ0v) is 25.7. The van der Waals surface area contributed by atoms with Gasteiger partial charge in [-0.05, 0) is 43.9 Å². The van der Waals surface area contributed by atoms with Crippen LogP contribution in [0.25, 0.3) is 5.69 Å². The number of carboxylic acids is 1. The van der Waals surface area contributed by atoms with Crippen LogP contribution >= 0.6 is 0 Å². The van der Waals surface area contributed by atoms with Crippen LogP contribution in [-0.2, 0) is 19.2 Å². The number of hydrogen-bond acceptors (Lipinski definition) is 8. The fraction of sp³-hybridized carbons (Fsp3) is 0.500. The highest BCUT2D eigenvalue weighted by Crippen LogP contribution is 2.29. The number of piperazine rings is 1. The molecule has 3 N–H and O–H groups in total. The number of carboxylic acid groups (broad SMARTS) is 2. The number of hydrogen-bond donors (Lipinski definition) is 3. The van der Waals surface area contributed by atoms with E-state index in [4.69, 9.17) is 9.84 Å². The van der Waals surface area contributed by atoms with E-state index in [1.807, 2.05) is 0 Å². The molecule has 1 aromatic carbocycles. The van der Waals surface area contributed by atoms with Crippen LogP contribution < -0.4 is 10.1 Å². The summed E-state index contributed by atoms with van der Waals surface area (Å²) in [6.07, 6.45) is 1.15. The number of likely N-dealkylation sites (N-methyl/N-ethyl adjacent to an activating group) is 1. The van der Waals surface area contributed by atoms with Gasteiger partial charge in [0.1, 0.15) is 17.9 Å². The van der Waals surface area contributed by atoms with Crippen molar-refractivity contribution in [2.45, 2.75) is 50.2 Å². The molecule has 5 rings (SSSR count). The van der Waals surface area contributed by atoms with Crippen molar-refractivity contribution in [3.63, 3.8) is 0 Å². The van der Waals surface area contributed by atoms with Gasteiger partial charge in [-0.3, -0.25) is 24.0 Å². The number of carbonyl (C=O) groups excluding carboxylic acids is 4. The molecule has 3 fully saturated rings. The van der Waals surface area contributed by atoms with Gasteiger partial charge < -0.3 is 39.9 Å². The van der Waals surface area contributed by atoms with Gasteiger partial charge in [0.15, 0.2) is 12.3 Å². The third-order valence-corrected chi connectivity index (χ3v) is 8.45. The maximum Gasteiger partial charge on any atom is 0.407 e. The van der Waals surface area contributed by atoms with Gasteiger partial charge >= 0.3 is 12.1 Å². The Morgan fingerprint density at radius 3 is 2.36 bits per heavy atom. The second-order valence-corrected chi connectivity index (χ2v) is 11.7. The molecule has 0 unspecified atom stereocenters. The summed E-state index contributed by atoms with van der Waals surface area (Å²) in [6.45, 7) is -0.0687. The van der Waals surface area contributed by atoms with Crippen LogP contribution in [0.5, 0.6) is 5.88 Å². The minimum atomic E-state index is -1.50. The first-order valence-corrected chi connectivity index (χ1v) is 15.3. The lowest BCUT2D eigenvalue weighted by Crippen LogP contribution is -2.56. The van der Waals surface area contributed by atoms with Crippen molar-refractivity contribution in [2.75, 3.05) is 46.4 Å². The van der Waals surface area contributed by atoms with Gasteiger partial charge in [0.2, 0.25) is 17.7 Å². The number of benzene rings is 1. The molecule has 1 aliphatic carbocycles. The Morgan fingerprint density at radius 1 is 1.02 bits per heavy atom. The topological polar surface area (TPSA) is 195 Å². The largest absolute Gasteiger partial charge is 0.481 e. The number of nitrogens with zero attached hydrogens (tertiary/aromatic N) is 6. The molecular weight excluding hydrogens is 621 g/mol. The van der Waals surface area contributed by atoms with Crippen molar-refractivity contribution in [1.29, 1.82) is 0 Å². The number of carbonyl (C=O) groups is 6. The molecule has 0 radical (unpaired) electrons. The average Bonchev–Trinajstić information content (AvgIpc) is 3.61. The van der Waals surface area contributed by atoms with E-state index in [2.05, 4.69) is 10.4 Å². The van der Waals surface area contributed by atoms with Gasteiger partial charge in [-0.1, -0.05) is 6.07 Å². The van der Waals surface area contributed by atoms with Gasteiger partial charge in [-0.25, -0.2) is 13.9 Å². The second kappa shape index (κ2) is 14.0. The molecule has 2 saturated heterocycles. The first-order chi connectivity index (χ1) is 22.4. The van der Waals surface area contributed by atoms with Crippen molar-refractivity contribution in [1.82, 2.24) is 34.7 Å². The van der Waals surface area contributed by atoms with Crippen LogP contribution in [0.2, 0.25) is 0 Å². The number of aliphatic carboxylic acids is 1. The van der Waals surface area contributed by atoms with Crippen LogP contribution in [0.4, 0.5) is 9.18 Å². The van der Waals surface area contributed by atoms with Gasteiger partial charge in [-0.2, -0.15) is 5.10 Å². The summed E-state index contributed by atoms with van der Waals surface area (Å²) < 4.78 is 21.0. The van der Waals surface area contributed by atoms with E-state index >= 15 is 0 Å². The first-order valence-electron chi connectivity index (χ1n) is 15.3. The van der Waals surface area contributed by atoms with Gasteiger partial charge in [0, 0.05) is 51.9 Å². The van der Waals surface area contributed by atoms with Gasteiger partial charge in [-0.15, -0.1) is 0 Å². The summed E-state index contributed by atoms with van der Waals surface area (Å²) in [6, 6.07) is 4.48. The summed E-state index contributed by atoms with van der Waals surface area (Å²) in [5, 5.41) is 25.2. The Kier molecular flexibility index (Phi) is 9.91.